The topological polar surface area (TPSA) is 83.6 Å². The molecule has 0 aliphatic carbocycles. The summed E-state index contributed by atoms with van der Waals surface area (Å²) in [5.74, 6) is -1.22. The van der Waals surface area contributed by atoms with Crippen LogP contribution in [0.1, 0.15) is 28.8 Å². The number of primary amides is 1. The van der Waals surface area contributed by atoms with Crippen molar-refractivity contribution in [3.05, 3.63) is 35.4 Å². The van der Waals surface area contributed by atoms with E-state index >= 15 is 0 Å². The zero-order chi connectivity index (χ0) is 13.1. The molecule has 1 fully saturated rings. The Bertz CT molecular complexity index is 456. The van der Waals surface area contributed by atoms with Gasteiger partial charge in [0.15, 0.2) is 0 Å². The zero-order valence-electron chi connectivity index (χ0n) is 10.0. The number of carbonyl (C=O) groups excluding carboxylic acids is 1. The summed E-state index contributed by atoms with van der Waals surface area (Å²) in [6.07, 6.45) is 1.78. The van der Waals surface area contributed by atoms with Crippen molar-refractivity contribution in [2.24, 2.45) is 5.73 Å². The summed E-state index contributed by atoms with van der Waals surface area (Å²) in [5.41, 5.74) is 6.61. The van der Waals surface area contributed by atoms with Crippen LogP contribution in [0.2, 0.25) is 0 Å². The van der Waals surface area contributed by atoms with Crippen molar-refractivity contribution in [3.8, 4) is 0 Å². The van der Waals surface area contributed by atoms with Gasteiger partial charge in [0.2, 0.25) is 5.91 Å². The van der Waals surface area contributed by atoms with Crippen LogP contribution in [-0.2, 0) is 11.3 Å². The third-order valence-corrected chi connectivity index (χ3v) is 3.28. The number of nitrogens with two attached hydrogens (primary N) is 1. The van der Waals surface area contributed by atoms with Gasteiger partial charge in [-0.25, -0.2) is 4.79 Å². The van der Waals surface area contributed by atoms with Crippen LogP contribution in [0.15, 0.2) is 24.3 Å². The maximum Gasteiger partial charge on any atom is 0.335 e. The molecule has 1 aliphatic rings. The molecule has 0 spiro atoms. The Morgan fingerprint density at radius 2 is 2.00 bits per heavy atom. The van der Waals surface area contributed by atoms with Crippen LogP contribution in [-0.4, -0.2) is 34.5 Å². The Balaban J connectivity index is 2.05. The number of carboxylic acid groups (broad SMARTS) is 1. The van der Waals surface area contributed by atoms with Crippen LogP contribution < -0.4 is 5.73 Å². The van der Waals surface area contributed by atoms with Gasteiger partial charge in [-0.2, -0.15) is 0 Å². The molecule has 1 amide bonds. The molecule has 1 atom stereocenters. The van der Waals surface area contributed by atoms with Crippen molar-refractivity contribution in [1.82, 2.24) is 4.90 Å². The monoisotopic (exact) mass is 248 g/mol. The lowest BCUT2D eigenvalue weighted by atomic mass is 10.1. The Morgan fingerprint density at radius 3 is 2.56 bits per heavy atom. The predicted octanol–water partition coefficient (Wildman–Crippen LogP) is 0.834. The second-order valence-electron chi connectivity index (χ2n) is 4.53. The first-order valence-corrected chi connectivity index (χ1v) is 5.93. The quantitative estimate of drug-likeness (QED) is 0.826. The summed E-state index contributed by atoms with van der Waals surface area (Å²) in [6, 6.07) is 6.52. The van der Waals surface area contributed by atoms with Crippen LogP contribution in [0.5, 0.6) is 0 Å². The summed E-state index contributed by atoms with van der Waals surface area (Å²) < 4.78 is 0. The first kappa shape index (κ1) is 12.6. The molecule has 5 heteroatoms. The number of hydrogen-bond acceptors (Lipinski definition) is 3. The molecule has 1 saturated heterocycles. The summed E-state index contributed by atoms with van der Waals surface area (Å²) in [4.78, 5) is 24.0. The fourth-order valence-electron chi connectivity index (χ4n) is 2.32. The first-order chi connectivity index (χ1) is 8.58. The molecule has 3 N–H and O–H groups in total. The molecule has 1 aromatic carbocycles. The van der Waals surface area contributed by atoms with E-state index in [2.05, 4.69) is 0 Å². The maximum atomic E-state index is 11.2. The molecule has 0 bridgehead atoms. The minimum Gasteiger partial charge on any atom is -0.478 e. The minimum atomic E-state index is -0.933. The highest BCUT2D eigenvalue weighted by Crippen LogP contribution is 2.19. The number of nitrogens with zero attached hydrogens (tertiary/aromatic N) is 1. The lowest BCUT2D eigenvalue weighted by Crippen LogP contribution is -2.39. The second-order valence-corrected chi connectivity index (χ2v) is 4.53. The van der Waals surface area contributed by atoms with Crippen LogP contribution in [0.3, 0.4) is 0 Å². The minimum absolute atomic E-state index is 0.191. The van der Waals surface area contributed by atoms with E-state index in [1.165, 1.54) is 0 Å². The lowest BCUT2D eigenvalue weighted by Gasteiger charge is -2.21. The normalized spacial score (nSPS) is 19.9. The van der Waals surface area contributed by atoms with Crippen LogP contribution in [0, 0.1) is 0 Å². The maximum absolute atomic E-state index is 11.2. The van der Waals surface area contributed by atoms with Crippen molar-refractivity contribution < 1.29 is 14.7 Å². The van der Waals surface area contributed by atoms with Crippen molar-refractivity contribution in [2.45, 2.75) is 25.4 Å². The number of hydrogen-bond donors (Lipinski definition) is 2. The van der Waals surface area contributed by atoms with Gasteiger partial charge in [0.05, 0.1) is 11.6 Å². The summed E-state index contributed by atoms with van der Waals surface area (Å²) in [5, 5.41) is 8.80. The summed E-state index contributed by atoms with van der Waals surface area (Å²) >= 11 is 0. The predicted molar refractivity (Wildman–Crippen MR) is 66.0 cm³/mol. The number of aromatic carboxylic acids is 1. The molecule has 2 rings (SSSR count). The Hall–Kier alpha value is -1.88. The standard InChI is InChI=1S/C13H16N2O3/c14-12(16)11-2-1-7-15(11)8-9-3-5-10(6-4-9)13(17)18/h3-6,11H,1-2,7-8H2,(H2,14,16)(H,17,18). The summed E-state index contributed by atoms with van der Waals surface area (Å²) in [7, 11) is 0. The molecule has 0 radical (unpaired) electrons. The Kier molecular flexibility index (Phi) is 3.62. The smallest absolute Gasteiger partial charge is 0.335 e. The number of rotatable bonds is 4. The zero-order valence-corrected chi connectivity index (χ0v) is 10.0. The fraction of sp³-hybridized carbons (Fsp3) is 0.385. The lowest BCUT2D eigenvalue weighted by molar-refractivity contribution is -0.122. The molecule has 1 aromatic rings. The molecule has 1 unspecified atom stereocenters. The average molecular weight is 248 g/mol. The molecular weight excluding hydrogens is 232 g/mol. The molecule has 0 saturated carbocycles. The van der Waals surface area contributed by atoms with Gasteiger partial charge < -0.3 is 10.8 Å². The molecule has 1 heterocycles. The van der Waals surface area contributed by atoms with E-state index in [0.29, 0.717) is 6.54 Å². The highest BCUT2D eigenvalue weighted by molar-refractivity contribution is 5.87. The van der Waals surface area contributed by atoms with Crippen molar-refractivity contribution in [2.75, 3.05) is 6.54 Å². The average Bonchev–Trinajstić information content (AvgIpc) is 2.78. The van der Waals surface area contributed by atoms with Gasteiger partial charge in [-0.05, 0) is 37.1 Å². The number of carbonyl (C=O) groups is 2. The molecule has 0 aromatic heterocycles. The van der Waals surface area contributed by atoms with Crippen LogP contribution in [0.4, 0.5) is 0 Å². The van der Waals surface area contributed by atoms with E-state index in [-0.39, 0.29) is 17.5 Å². The first-order valence-electron chi connectivity index (χ1n) is 5.93. The SMILES string of the molecule is NC(=O)C1CCCN1Cc1ccc(C(=O)O)cc1. The molecule has 18 heavy (non-hydrogen) atoms. The number of carboxylic acids is 1. The number of benzene rings is 1. The van der Waals surface area contributed by atoms with E-state index in [0.717, 1.165) is 24.9 Å². The number of likely N-dealkylation sites (tertiary alicyclic amines) is 1. The van der Waals surface area contributed by atoms with Gasteiger partial charge in [-0.1, -0.05) is 12.1 Å². The number of amides is 1. The van der Waals surface area contributed by atoms with Gasteiger partial charge in [-0.3, -0.25) is 9.69 Å². The van der Waals surface area contributed by atoms with Crippen molar-refractivity contribution in [3.63, 3.8) is 0 Å². The Labute approximate surface area is 105 Å². The second kappa shape index (κ2) is 5.18. The van der Waals surface area contributed by atoms with Gasteiger partial charge in [-0.15, -0.1) is 0 Å². The molecular formula is C13H16N2O3. The van der Waals surface area contributed by atoms with E-state index in [4.69, 9.17) is 10.8 Å². The van der Waals surface area contributed by atoms with E-state index in [1.807, 2.05) is 4.90 Å². The molecule has 5 nitrogen and oxygen atoms in total. The fourth-order valence-corrected chi connectivity index (χ4v) is 2.32. The third kappa shape index (κ3) is 2.68. The van der Waals surface area contributed by atoms with Crippen molar-refractivity contribution in [1.29, 1.82) is 0 Å². The summed E-state index contributed by atoms with van der Waals surface area (Å²) in [6.45, 7) is 1.49. The van der Waals surface area contributed by atoms with E-state index in [9.17, 15) is 9.59 Å². The largest absolute Gasteiger partial charge is 0.478 e. The van der Waals surface area contributed by atoms with E-state index < -0.39 is 5.97 Å². The molecule has 1 aliphatic heterocycles. The van der Waals surface area contributed by atoms with Gasteiger partial charge in [0, 0.05) is 6.54 Å². The third-order valence-electron chi connectivity index (χ3n) is 3.28. The van der Waals surface area contributed by atoms with Crippen molar-refractivity contribution >= 4 is 11.9 Å². The van der Waals surface area contributed by atoms with Crippen LogP contribution in [0.25, 0.3) is 0 Å². The van der Waals surface area contributed by atoms with Crippen LogP contribution >= 0.6 is 0 Å². The molecule has 96 valence electrons. The Morgan fingerprint density at radius 1 is 1.33 bits per heavy atom. The highest BCUT2D eigenvalue weighted by Gasteiger charge is 2.28. The van der Waals surface area contributed by atoms with Gasteiger partial charge >= 0.3 is 5.97 Å². The highest BCUT2D eigenvalue weighted by atomic mass is 16.4. The van der Waals surface area contributed by atoms with E-state index in [1.54, 1.807) is 24.3 Å². The van der Waals surface area contributed by atoms with Gasteiger partial charge in [0.1, 0.15) is 0 Å². The van der Waals surface area contributed by atoms with Gasteiger partial charge in [0.25, 0.3) is 0 Å².